The highest BCUT2D eigenvalue weighted by atomic mass is 19.1. The number of rotatable bonds is 6. The van der Waals surface area contributed by atoms with Gasteiger partial charge in [-0.25, -0.2) is 23.9 Å². The summed E-state index contributed by atoms with van der Waals surface area (Å²) in [6.45, 7) is 0.806. The van der Waals surface area contributed by atoms with Gasteiger partial charge in [-0.2, -0.15) is 5.26 Å². The van der Waals surface area contributed by atoms with E-state index in [0.29, 0.717) is 5.56 Å². The Hall–Kier alpha value is -4.82. The molecule has 10 nitrogen and oxygen atoms in total. The van der Waals surface area contributed by atoms with Crippen molar-refractivity contribution in [1.82, 2.24) is 14.5 Å². The second kappa shape index (κ2) is 9.91. The van der Waals surface area contributed by atoms with Crippen LogP contribution in [0.5, 0.6) is 0 Å². The minimum absolute atomic E-state index is 0.0456. The van der Waals surface area contributed by atoms with Crippen molar-refractivity contribution in [3.8, 4) is 6.07 Å². The SMILES string of the molecule is C[C@@]1(F)[C@H](OC(=O)c2ccccc2)C(COC(=O)c2ccccc2)O[C@@H]1n1cc(C#N)c2c(N)ncnc21. The molecular formula is C27H22FN5O5. The molecule has 3 heterocycles. The van der Waals surface area contributed by atoms with Crippen LogP contribution in [0.1, 0.15) is 39.4 Å². The van der Waals surface area contributed by atoms with Crippen molar-refractivity contribution in [1.29, 1.82) is 5.26 Å². The summed E-state index contributed by atoms with van der Waals surface area (Å²) in [5.74, 6) is -1.38. The molecule has 0 aliphatic carbocycles. The molecule has 2 aromatic heterocycles. The molecule has 0 saturated carbocycles. The number of alkyl halides is 1. The number of hydrogen-bond donors (Lipinski definition) is 1. The molecule has 0 bridgehead atoms. The van der Waals surface area contributed by atoms with E-state index in [1.165, 1.54) is 36.1 Å². The average molecular weight is 516 g/mol. The van der Waals surface area contributed by atoms with E-state index in [1.54, 1.807) is 48.5 Å². The first-order chi connectivity index (χ1) is 18.3. The van der Waals surface area contributed by atoms with Gasteiger partial charge in [0.2, 0.25) is 0 Å². The number of nitriles is 1. The van der Waals surface area contributed by atoms with E-state index >= 15 is 4.39 Å². The van der Waals surface area contributed by atoms with Crippen LogP contribution in [0.15, 0.2) is 73.2 Å². The molecule has 38 heavy (non-hydrogen) atoms. The summed E-state index contributed by atoms with van der Waals surface area (Å²) in [4.78, 5) is 33.6. The summed E-state index contributed by atoms with van der Waals surface area (Å²) in [5, 5.41) is 9.85. The zero-order valence-electron chi connectivity index (χ0n) is 20.2. The summed E-state index contributed by atoms with van der Waals surface area (Å²) in [5.41, 5.74) is 4.41. The van der Waals surface area contributed by atoms with Crippen molar-refractivity contribution in [2.45, 2.75) is 31.0 Å². The standard InChI is InChI=1S/C27H22FN5O5/c1-27(28)21(38-25(35)17-10-6-3-7-11-17)19(14-36-24(34)16-8-4-2-5-9-16)37-26(27)33-13-18(12-29)20-22(30)31-15-32-23(20)33/h2-11,13,15,19,21,26H,14H2,1H3,(H2,30,31,32)/t19?,21-,26+,27-/m1/s1. The van der Waals surface area contributed by atoms with Gasteiger partial charge in [-0.15, -0.1) is 0 Å². The van der Waals surface area contributed by atoms with Gasteiger partial charge in [-0.3, -0.25) is 0 Å². The number of esters is 2. The van der Waals surface area contributed by atoms with E-state index in [-0.39, 0.29) is 28.0 Å². The first kappa shape index (κ1) is 24.9. The molecule has 4 atom stereocenters. The maximum absolute atomic E-state index is 16.6. The molecule has 192 valence electrons. The van der Waals surface area contributed by atoms with E-state index < -0.39 is 42.7 Å². The van der Waals surface area contributed by atoms with E-state index in [1.807, 2.05) is 6.07 Å². The molecular weight excluding hydrogens is 493 g/mol. The predicted molar refractivity (Wildman–Crippen MR) is 132 cm³/mol. The van der Waals surface area contributed by atoms with Crippen LogP contribution in [0.2, 0.25) is 0 Å². The molecule has 1 fully saturated rings. The second-order valence-electron chi connectivity index (χ2n) is 8.85. The molecule has 0 radical (unpaired) electrons. The fourth-order valence-corrected chi connectivity index (χ4v) is 4.47. The summed E-state index contributed by atoms with van der Waals surface area (Å²) in [6, 6.07) is 18.4. The molecule has 1 aliphatic rings. The molecule has 4 aromatic rings. The third-order valence-corrected chi connectivity index (χ3v) is 6.32. The van der Waals surface area contributed by atoms with Crippen LogP contribution in [0.4, 0.5) is 10.2 Å². The van der Waals surface area contributed by atoms with Gasteiger partial charge in [-0.1, -0.05) is 36.4 Å². The summed E-state index contributed by atoms with van der Waals surface area (Å²) < 4.78 is 35.0. The third kappa shape index (κ3) is 4.42. The number of fused-ring (bicyclic) bond motifs is 1. The number of carbonyl (C=O) groups excluding carboxylic acids is 2. The Balaban J connectivity index is 1.49. The molecule has 1 aliphatic heterocycles. The first-order valence-corrected chi connectivity index (χ1v) is 11.6. The van der Waals surface area contributed by atoms with E-state index in [0.717, 1.165) is 0 Å². The quantitative estimate of drug-likeness (QED) is 0.381. The summed E-state index contributed by atoms with van der Waals surface area (Å²) in [6.07, 6.45) is -1.53. The zero-order valence-corrected chi connectivity index (χ0v) is 20.2. The normalized spacial score (nSPS) is 22.6. The molecule has 1 unspecified atom stereocenters. The van der Waals surface area contributed by atoms with Gasteiger partial charge in [0, 0.05) is 6.20 Å². The molecule has 11 heteroatoms. The Kier molecular flexibility index (Phi) is 6.48. The lowest BCUT2D eigenvalue weighted by atomic mass is 9.98. The Morgan fingerprint density at radius 2 is 1.74 bits per heavy atom. The molecule has 0 spiro atoms. The first-order valence-electron chi connectivity index (χ1n) is 11.6. The third-order valence-electron chi connectivity index (χ3n) is 6.32. The molecule has 2 N–H and O–H groups in total. The number of nitrogens with two attached hydrogens (primary N) is 1. The van der Waals surface area contributed by atoms with Crippen molar-refractivity contribution < 1.29 is 28.2 Å². The van der Waals surface area contributed by atoms with Gasteiger partial charge in [0.1, 0.15) is 36.6 Å². The van der Waals surface area contributed by atoms with Gasteiger partial charge >= 0.3 is 11.9 Å². The van der Waals surface area contributed by atoms with Crippen LogP contribution < -0.4 is 5.73 Å². The second-order valence-corrected chi connectivity index (χ2v) is 8.85. The van der Waals surface area contributed by atoms with Crippen LogP contribution in [0, 0.1) is 11.3 Å². The lowest BCUT2D eigenvalue weighted by Crippen LogP contribution is -2.44. The number of ether oxygens (including phenoxy) is 3. The van der Waals surface area contributed by atoms with Crippen LogP contribution >= 0.6 is 0 Å². The summed E-state index contributed by atoms with van der Waals surface area (Å²) in [7, 11) is 0. The Bertz CT molecular complexity index is 1530. The van der Waals surface area contributed by atoms with Crippen LogP contribution in [0.25, 0.3) is 11.0 Å². The fraction of sp³-hybridized carbons (Fsp3) is 0.222. The molecule has 0 amide bonds. The minimum atomic E-state index is -2.34. The Morgan fingerprint density at radius 1 is 1.11 bits per heavy atom. The highest BCUT2D eigenvalue weighted by molar-refractivity contribution is 5.92. The topological polar surface area (TPSA) is 142 Å². The zero-order chi connectivity index (χ0) is 26.9. The molecule has 1 saturated heterocycles. The maximum atomic E-state index is 16.6. The minimum Gasteiger partial charge on any atom is -0.459 e. The largest absolute Gasteiger partial charge is 0.459 e. The van der Waals surface area contributed by atoms with Crippen molar-refractivity contribution in [3.63, 3.8) is 0 Å². The Morgan fingerprint density at radius 3 is 2.37 bits per heavy atom. The van der Waals surface area contributed by atoms with Crippen molar-refractivity contribution in [2.24, 2.45) is 0 Å². The number of nitrogens with zero attached hydrogens (tertiary/aromatic N) is 4. The smallest absolute Gasteiger partial charge is 0.338 e. The van der Waals surface area contributed by atoms with Crippen LogP contribution in [0.3, 0.4) is 0 Å². The maximum Gasteiger partial charge on any atom is 0.338 e. The lowest BCUT2D eigenvalue weighted by Gasteiger charge is -2.28. The van der Waals surface area contributed by atoms with Crippen molar-refractivity contribution in [2.75, 3.05) is 12.3 Å². The fourth-order valence-electron chi connectivity index (χ4n) is 4.47. The number of carbonyl (C=O) groups is 2. The van der Waals surface area contributed by atoms with Gasteiger partial charge in [0.25, 0.3) is 0 Å². The van der Waals surface area contributed by atoms with Gasteiger partial charge in [0.05, 0.1) is 22.1 Å². The van der Waals surface area contributed by atoms with Gasteiger partial charge in [-0.05, 0) is 31.2 Å². The highest BCUT2D eigenvalue weighted by Crippen LogP contribution is 2.45. The van der Waals surface area contributed by atoms with E-state index in [4.69, 9.17) is 19.9 Å². The van der Waals surface area contributed by atoms with Crippen LogP contribution in [-0.2, 0) is 14.2 Å². The lowest BCUT2D eigenvalue weighted by molar-refractivity contribution is -0.0609. The summed E-state index contributed by atoms with van der Waals surface area (Å²) >= 11 is 0. The number of nitrogen functional groups attached to an aromatic ring is 1. The molecule has 2 aromatic carbocycles. The number of aromatic nitrogens is 3. The van der Waals surface area contributed by atoms with Gasteiger partial charge < -0.3 is 24.5 Å². The number of benzene rings is 2. The Labute approximate surface area is 216 Å². The average Bonchev–Trinajstić information content (AvgIpc) is 3.43. The monoisotopic (exact) mass is 515 g/mol. The predicted octanol–water partition coefficient (Wildman–Crippen LogP) is 3.59. The van der Waals surface area contributed by atoms with E-state index in [2.05, 4.69) is 9.97 Å². The van der Waals surface area contributed by atoms with Crippen molar-refractivity contribution in [3.05, 3.63) is 89.9 Å². The number of hydrogen-bond acceptors (Lipinski definition) is 9. The van der Waals surface area contributed by atoms with Crippen LogP contribution in [-0.4, -0.2) is 51.0 Å². The highest BCUT2D eigenvalue weighted by Gasteiger charge is 2.58. The van der Waals surface area contributed by atoms with E-state index in [9.17, 15) is 14.9 Å². The molecule has 5 rings (SSSR count). The number of halogens is 1. The van der Waals surface area contributed by atoms with Gasteiger partial charge in [0.15, 0.2) is 18.0 Å². The number of anilines is 1. The van der Waals surface area contributed by atoms with Crippen molar-refractivity contribution >= 4 is 28.8 Å².